The summed E-state index contributed by atoms with van der Waals surface area (Å²) in [6.45, 7) is 2.09. The zero-order valence-corrected chi connectivity index (χ0v) is 17.1. The van der Waals surface area contributed by atoms with Crippen LogP contribution in [0.25, 0.3) is 0 Å². The Morgan fingerprint density at radius 1 is 0.903 bits per heavy atom. The zero-order valence-electron chi connectivity index (χ0n) is 17.1. The fourth-order valence-electron chi connectivity index (χ4n) is 4.38. The standard InChI is InChI=1S/C21H25F5N4O/c22-16-17(23)19(25)21(20(26)18(16)24)30-11-9-29(10-12-30)8-6-13-1-3-14(4-2-13)28-15(31)5-7-27/h13-14H,1-6,8-12H2,(H,28,31)/t13-,14-. The van der Waals surface area contributed by atoms with E-state index in [0.29, 0.717) is 19.0 Å². The Bertz CT molecular complexity index is 814. The van der Waals surface area contributed by atoms with Crippen molar-refractivity contribution in [1.82, 2.24) is 10.2 Å². The smallest absolute Gasteiger partial charge is 0.234 e. The highest BCUT2D eigenvalue weighted by Crippen LogP contribution is 2.31. The summed E-state index contributed by atoms with van der Waals surface area (Å²) in [7, 11) is 0. The molecule has 1 aliphatic carbocycles. The lowest BCUT2D eigenvalue weighted by atomic mass is 9.84. The van der Waals surface area contributed by atoms with Gasteiger partial charge in [0.15, 0.2) is 23.3 Å². The fourth-order valence-corrected chi connectivity index (χ4v) is 4.38. The molecule has 2 aliphatic rings. The lowest BCUT2D eigenvalue weighted by molar-refractivity contribution is -0.121. The lowest BCUT2D eigenvalue weighted by Gasteiger charge is -2.37. The molecule has 0 unspecified atom stereocenters. The van der Waals surface area contributed by atoms with Crippen molar-refractivity contribution in [2.75, 3.05) is 37.6 Å². The van der Waals surface area contributed by atoms with Crippen LogP contribution in [0.2, 0.25) is 0 Å². The summed E-state index contributed by atoms with van der Waals surface area (Å²) in [5.74, 6) is -9.29. The molecule has 0 aromatic heterocycles. The predicted octanol–water partition coefficient (Wildman–Crippen LogP) is 3.48. The number of nitriles is 1. The Labute approximate surface area is 177 Å². The van der Waals surface area contributed by atoms with Crippen LogP contribution in [0.5, 0.6) is 0 Å². The van der Waals surface area contributed by atoms with E-state index in [1.54, 1.807) is 0 Å². The Balaban J connectivity index is 1.44. The second-order valence-electron chi connectivity index (χ2n) is 8.16. The molecule has 1 saturated heterocycles. The van der Waals surface area contributed by atoms with Crippen molar-refractivity contribution in [2.24, 2.45) is 5.92 Å². The van der Waals surface area contributed by atoms with Crippen LogP contribution in [0.4, 0.5) is 27.6 Å². The minimum absolute atomic E-state index is 0.113. The molecule has 1 saturated carbocycles. The molecule has 3 rings (SSSR count). The molecule has 1 aliphatic heterocycles. The summed E-state index contributed by atoms with van der Waals surface area (Å²) in [5.41, 5.74) is -0.854. The molecule has 1 aromatic rings. The van der Waals surface area contributed by atoms with Gasteiger partial charge in [0.25, 0.3) is 0 Å². The van der Waals surface area contributed by atoms with Gasteiger partial charge < -0.3 is 10.2 Å². The maximum Gasteiger partial charge on any atom is 0.234 e. The average molecular weight is 444 g/mol. The molecule has 31 heavy (non-hydrogen) atoms. The number of anilines is 1. The molecular formula is C21H25F5N4O. The van der Waals surface area contributed by atoms with E-state index in [4.69, 9.17) is 5.26 Å². The Morgan fingerprint density at radius 2 is 1.45 bits per heavy atom. The van der Waals surface area contributed by atoms with Crippen molar-refractivity contribution < 1.29 is 26.7 Å². The molecule has 0 atom stereocenters. The Hall–Kier alpha value is -2.41. The molecule has 10 heteroatoms. The van der Waals surface area contributed by atoms with Gasteiger partial charge in [-0.3, -0.25) is 9.69 Å². The SMILES string of the molecule is N#CCC(=O)N[C@H]1CC[C@H](CCN2CCN(c3c(F)c(F)c(F)c(F)c3F)CC2)CC1. The number of halogens is 5. The monoisotopic (exact) mass is 444 g/mol. The Morgan fingerprint density at radius 3 is 2.00 bits per heavy atom. The topological polar surface area (TPSA) is 59.4 Å². The van der Waals surface area contributed by atoms with Crippen LogP contribution >= 0.6 is 0 Å². The minimum Gasteiger partial charge on any atom is -0.364 e. The number of hydrogen-bond donors (Lipinski definition) is 1. The van der Waals surface area contributed by atoms with E-state index in [1.807, 2.05) is 6.07 Å². The van der Waals surface area contributed by atoms with Gasteiger partial charge >= 0.3 is 0 Å². The number of amides is 1. The second kappa shape index (κ2) is 10.3. The van der Waals surface area contributed by atoms with Gasteiger partial charge in [-0.25, -0.2) is 22.0 Å². The summed E-state index contributed by atoms with van der Waals surface area (Å²) in [5, 5.41) is 11.4. The van der Waals surface area contributed by atoms with Crippen LogP contribution in [-0.4, -0.2) is 49.6 Å². The van der Waals surface area contributed by atoms with Gasteiger partial charge in [0, 0.05) is 32.2 Å². The zero-order chi connectivity index (χ0) is 22.5. The highest BCUT2D eigenvalue weighted by Gasteiger charge is 2.31. The molecule has 170 valence electrons. The molecule has 2 fully saturated rings. The number of hydrogen-bond acceptors (Lipinski definition) is 4. The van der Waals surface area contributed by atoms with Crippen molar-refractivity contribution in [3.63, 3.8) is 0 Å². The Kier molecular flexibility index (Phi) is 7.70. The summed E-state index contributed by atoms with van der Waals surface area (Å²) in [6, 6.07) is 1.95. The normalized spacial score (nSPS) is 22.3. The number of carbonyl (C=O) groups is 1. The second-order valence-corrected chi connectivity index (χ2v) is 8.16. The number of rotatable bonds is 6. The van der Waals surface area contributed by atoms with E-state index in [2.05, 4.69) is 10.2 Å². The van der Waals surface area contributed by atoms with Gasteiger partial charge in [0.2, 0.25) is 11.7 Å². The molecule has 1 aromatic carbocycles. The quantitative estimate of drug-likeness (QED) is 0.415. The van der Waals surface area contributed by atoms with Gasteiger partial charge in [-0.05, 0) is 44.6 Å². The molecule has 1 heterocycles. The summed E-state index contributed by atoms with van der Waals surface area (Å²) in [4.78, 5) is 14.8. The van der Waals surface area contributed by atoms with E-state index in [-0.39, 0.29) is 31.5 Å². The van der Waals surface area contributed by atoms with Crippen LogP contribution in [-0.2, 0) is 4.79 Å². The van der Waals surface area contributed by atoms with Gasteiger partial charge in [0.05, 0.1) is 6.07 Å². The first-order valence-corrected chi connectivity index (χ1v) is 10.5. The lowest BCUT2D eigenvalue weighted by Crippen LogP contribution is -2.47. The van der Waals surface area contributed by atoms with E-state index < -0.39 is 34.8 Å². The maximum absolute atomic E-state index is 14.0. The highest BCUT2D eigenvalue weighted by molar-refractivity contribution is 5.78. The van der Waals surface area contributed by atoms with Gasteiger partial charge in [-0.1, -0.05) is 0 Å². The number of carbonyl (C=O) groups excluding carboxylic acids is 1. The van der Waals surface area contributed by atoms with Crippen molar-refractivity contribution in [3.8, 4) is 6.07 Å². The third-order valence-electron chi connectivity index (χ3n) is 6.18. The fraction of sp³-hybridized carbons (Fsp3) is 0.619. The predicted molar refractivity (Wildman–Crippen MR) is 104 cm³/mol. The van der Waals surface area contributed by atoms with Gasteiger partial charge in [0.1, 0.15) is 12.1 Å². The first kappa shape index (κ1) is 23.3. The maximum atomic E-state index is 14.0. The average Bonchev–Trinajstić information content (AvgIpc) is 2.77. The van der Waals surface area contributed by atoms with Crippen LogP contribution in [0, 0.1) is 46.3 Å². The largest absolute Gasteiger partial charge is 0.364 e. The number of nitrogens with one attached hydrogen (secondary N) is 1. The van der Waals surface area contributed by atoms with E-state index >= 15 is 0 Å². The third kappa shape index (κ3) is 5.45. The van der Waals surface area contributed by atoms with Crippen LogP contribution < -0.4 is 10.2 Å². The van der Waals surface area contributed by atoms with Crippen LogP contribution in [0.15, 0.2) is 0 Å². The highest BCUT2D eigenvalue weighted by atomic mass is 19.2. The van der Waals surface area contributed by atoms with Crippen molar-refractivity contribution in [3.05, 3.63) is 29.1 Å². The van der Waals surface area contributed by atoms with Crippen LogP contribution in [0.1, 0.15) is 38.5 Å². The van der Waals surface area contributed by atoms with Crippen molar-refractivity contribution in [1.29, 1.82) is 5.26 Å². The number of benzene rings is 1. The first-order valence-electron chi connectivity index (χ1n) is 10.5. The molecular weight excluding hydrogens is 419 g/mol. The van der Waals surface area contributed by atoms with Crippen LogP contribution in [0.3, 0.4) is 0 Å². The molecule has 1 amide bonds. The summed E-state index contributed by atoms with van der Waals surface area (Å²) >= 11 is 0. The molecule has 0 bridgehead atoms. The number of piperazine rings is 1. The molecule has 5 nitrogen and oxygen atoms in total. The van der Waals surface area contributed by atoms with Crippen molar-refractivity contribution >= 4 is 11.6 Å². The van der Waals surface area contributed by atoms with E-state index in [1.165, 1.54) is 4.90 Å². The number of nitrogens with zero attached hydrogens (tertiary/aromatic N) is 3. The van der Waals surface area contributed by atoms with E-state index in [0.717, 1.165) is 38.6 Å². The van der Waals surface area contributed by atoms with Gasteiger partial charge in [-0.15, -0.1) is 0 Å². The molecule has 0 radical (unpaired) electrons. The van der Waals surface area contributed by atoms with E-state index in [9.17, 15) is 26.7 Å². The van der Waals surface area contributed by atoms with Crippen molar-refractivity contribution in [2.45, 2.75) is 44.6 Å². The summed E-state index contributed by atoms with van der Waals surface area (Å²) < 4.78 is 68.2. The minimum atomic E-state index is -2.14. The third-order valence-corrected chi connectivity index (χ3v) is 6.18. The summed E-state index contributed by atoms with van der Waals surface area (Å²) in [6.07, 6.45) is 4.51. The molecule has 1 N–H and O–H groups in total. The van der Waals surface area contributed by atoms with Gasteiger partial charge in [-0.2, -0.15) is 5.26 Å². The molecule has 0 spiro atoms. The first-order chi connectivity index (χ1) is 14.8.